The predicted octanol–water partition coefficient (Wildman–Crippen LogP) is 4.60. The van der Waals surface area contributed by atoms with Gasteiger partial charge in [0, 0.05) is 15.0 Å². The summed E-state index contributed by atoms with van der Waals surface area (Å²) in [7, 11) is 0. The SMILES string of the molecule is Cc1cc(C)nc(SCc2ccc(I)cc2)c1. The molecule has 0 saturated heterocycles. The molecule has 0 aliphatic rings. The van der Waals surface area contributed by atoms with Crippen LogP contribution < -0.4 is 0 Å². The van der Waals surface area contributed by atoms with E-state index in [0.29, 0.717) is 0 Å². The van der Waals surface area contributed by atoms with Crippen molar-refractivity contribution in [1.82, 2.24) is 4.98 Å². The molecule has 0 unspecified atom stereocenters. The Morgan fingerprint density at radius 1 is 1.12 bits per heavy atom. The highest BCUT2D eigenvalue weighted by Gasteiger charge is 2.00. The summed E-state index contributed by atoms with van der Waals surface area (Å²) in [6.45, 7) is 4.16. The smallest absolute Gasteiger partial charge is 0.0968 e. The number of nitrogens with zero attached hydrogens (tertiary/aromatic N) is 1. The minimum Gasteiger partial charge on any atom is -0.247 e. The summed E-state index contributed by atoms with van der Waals surface area (Å²) in [5.74, 6) is 0.979. The van der Waals surface area contributed by atoms with Crippen LogP contribution in [0.1, 0.15) is 16.8 Å². The number of thioether (sulfide) groups is 1. The molecule has 1 nitrogen and oxygen atoms in total. The van der Waals surface area contributed by atoms with Gasteiger partial charge in [0.15, 0.2) is 0 Å². The van der Waals surface area contributed by atoms with Crippen LogP contribution in [0, 0.1) is 17.4 Å². The van der Waals surface area contributed by atoms with Crippen molar-refractivity contribution in [2.45, 2.75) is 24.6 Å². The zero-order valence-electron chi connectivity index (χ0n) is 9.90. The Bertz CT molecular complexity index is 488. The topological polar surface area (TPSA) is 12.9 Å². The Labute approximate surface area is 120 Å². The highest BCUT2D eigenvalue weighted by Crippen LogP contribution is 2.22. The Balaban J connectivity index is 2.04. The summed E-state index contributed by atoms with van der Waals surface area (Å²) < 4.78 is 1.28. The second-order valence-electron chi connectivity index (χ2n) is 4.04. The van der Waals surface area contributed by atoms with Crippen molar-refractivity contribution in [2.75, 3.05) is 0 Å². The Hall–Kier alpha value is -0.550. The molecule has 0 spiro atoms. The number of halogens is 1. The monoisotopic (exact) mass is 355 g/mol. The molecule has 0 amide bonds. The van der Waals surface area contributed by atoms with Gasteiger partial charge in [-0.25, -0.2) is 4.98 Å². The van der Waals surface area contributed by atoms with Crippen molar-refractivity contribution >= 4 is 34.4 Å². The minimum absolute atomic E-state index is 0.979. The number of aryl methyl sites for hydroxylation is 2. The first-order valence-corrected chi connectivity index (χ1v) is 7.52. The third kappa shape index (κ3) is 4.00. The molecule has 1 heterocycles. The summed E-state index contributed by atoms with van der Waals surface area (Å²) in [5.41, 5.74) is 3.72. The molecule has 2 aromatic rings. The fourth-order valence-corrected chi connectivity index (χ4v) is 2.96. The number of benzene rings is 1. The lowest BCUT2D eigenvalue weighted by atomic mass is 10.2. The fourth-order valence-electron chi connectivity index (χ4n) is 1.62. The number of rotatable bonds is 3. The number of pyridine rings is 1. The van der Waals surface area contributed by atoms with E-state index >= 15 is 0 Å². The first kappa shape index (κ1) is 12.9. The molecule has 0 atom stereocenters. The standard InChI is InChI=1S/C14H14INS/c1-10-7-11(2)16-14(8-10)17-9-12-3-5-13(15)6-4-12/h3-8H,9H2,1-2H3. The first-order valence-electron chi connectivity index (χ1n) is 5.46. The maximum Gasteiger partial charge on any atom is 0.0968 e. The summed E-state index contributed by atoms with van der Waals surface area (Å²) in [6.07, 6.45) is 0. The largest absolute Gasteiger partial charge is 0.247 e. The van der Waals surface area contributed by atoms with Gasteiger partial charge in [0.25, 0.3) is 0 Å². The molecule has 0 aliphatic heterocycles. The van der Waals surface area contributed by atoms with Crippen molar-refractivity contribution in [3.63, 3.8) is 0 Å². The molecule has 0 radical (unpaired) electrons. The molecule has 1 aromatic carbocycles. The molecule has 1 aromatic heterocycles. The van der Waals surface area contributed by atoms with Gasteiger partial charge < -0.3 is 0 Å². The van der Waals surface area contributed by atoms with Gasteiger partial charge in [-0.3, -0.25) is 0 Å². The lowest BCUT2D eigenvalue weighted by molar-refractivity contribution is 1.05. The minimum atomic E-state index is 0.979. The predicted molar refractivity (Wildman–Crippen MR) is 82.4 cm³/mol. The van der Waals surface area contributed by atoms with Crippen LogP contribution in [0.25, 0.3) is 0 Å². The van der Waals surface area contributed by atoms with Crippen molar-refractivity contribution < 1.29 is 0 Å². The maximum absolute atomic E-state index is 4.53. The highest BCUT2D eigenvalue weighted by atomic mass is 127. The van der Waals surface area contributed by atoms with Crippen molar-refractivity contribution in [3.05, 3.63) is 56.8 Å². The molecule has 3 heteroatoms. The second-order valence-corrected chi connectivity index (χ2v) is 6.28. The van der Waals surface area contributed by atoms with Gasteiger partial charge in [-0.1, -0.05) is 12.1 Å². The molecule has 0 fully saturated rings. The zero-order valence-corrected chi connectivity index (χ0v) is 12.9. The van der Waals surface area contributed by atoms with Gasteiger partial charge in [0.1, 0.15) is 0 Å². The molecule has 17 heavy (non-hydrogen) atoms. The van der Waals surface area contributed by atoms with Gasteiger partial charge in [0.05, 0.1) is 5.03 Å². The Morgan fingerprint density at radius 3 is 2.47 bits per heavy atom. The molecular weight excluding hydrogens is 341 g/mol. The number of hydrogen-bond donors (Lipinski definition) is 0. The molecule has 88 valence electrons. The van der Waals surface area contributed by atoms with E-state index in [1.165, 1.54) is 14.7 Å². The zero-order chi connectivity index (χ0) is 12.3. The van der Waals surface area contributed by atoms with Crippen LogP contribution in [-0.4, -0.2) is 4.98 Å². The van der Waals surface area contributed by atoms with Crippen LogP contribution in [0.3, 0.4) is 0 Å². The van der Waals surface area contributed by atoms with Crippen LogP contribution in [-0.2, 0) is 5.75 Å². The first-order chi connectivity index (χ1) is 8.13. The van der Waals surface area contributed by atoms with E-state index in [1.54, 1.807) is 11.8 Å². The van der Waals surface area contributed by atoms with Gasteiger partial charge in [-0.15, -0.1) is 11.8 Å². The normalized spacial score (nSPS) is 10.5. The van der Waals surface area contributed by atoms with E-state index in [9.17, 15) is 0 Å². The van der Waals surface area contributed by atoms with Crippen molar-refractivity contribution in [1.29, 1.82) is 0 Å². The van der Waals surface area contributed by atoms with Gasteiger partial charge in [-0.2, -0.15) is 0 Å². The Kier molecular flexibility index (Phi) is 4.45. The van der Waals surface area contributed by atoms with E-state index in [2.05, 4.69) is 70.9 Å². The molecule has 0 aliphatic carbocycles. The summed E-state index contributed by atoms with van der Waals surface area (Å²) in [6, 6.07) is 12.9. The molecule has 0 N–H and O–H groups in total. The molecular formula is C14H14INS. The Morgan fingerprint density at radius 2 is 1.82 bits per heavy atom. The molecule has 0 saturated carbocycles. The summed E-state index contributed by atoms with van der Waals surface area (Å²) in [4.78, 5) is 4.53. The average molecular weight is 355 g/mol. The van der Waals surface area contributed by atoms with E-state index in [1.807, 2.05) is 6.92 Å². The van der Waals surface area contributed by atoms with Gasteiger partial charge in [0.2, 0.25) is 0 Å². The van der Waals surface area contributed by atoms with E-state index in [-0.39, 0.29) is 0 Å². The van der Waals surface area contributed by atoms with E-state index in [0.717, 1.165) is 16.5 Å². The lowest BCUT2D eigenvalue weighted by Gasteiger charge is -2.04. The van der Waals surface area contributed by atoms with Gasteiger partial charge in [-0.05, 0) is 71.8 Å². The van der Waals surface area contributed by atoms with Crippen LogP contribution in [0.15, 0.2) is 41.4 Å². The van der Waals surface area contributed by atoms with Crippen LogP contribution in [0.4, 0.5) is 0 Å². The fraction of sp³-hybridized carbons (Fsp3) is 0.214. The summed E-state index contributed by atoms with van der Waals surface area (Å²) in [5, 5.41) is 1.11. The number of aromatic nitrogens is 1. The van der Waals surface area contributed by atoms with Crippen molar-refractivity contribution in [3.8, 4) is 0 Å². The summed E-state index contributed by atoms with van der Waals surface area (Å²) >= 11 is 4.12. The molecule has 0 bridgehead atoms. The third-order valence-electron chi connectivity index (χ3n) is 2.37. The maximum atomic E-state index is 4.53. The van der Waals surface area contributed by atoms with Crippen LogP contribution >= 0.6 is 34.4 Å². The lowest BCUT2D eigenvalue weighted by Crippen LogP contribution is -1.88. The van der Waals surface area contributed by atoms with E-state index < -0.39 is 0 Å². The second kappa shape index (κ2) is 5.87. The molecule has 2 rings (SSSR count). The quantitative estimate of drug-likeness (QED) is 0.590. The average Bonchev–Trinajstić information content (AvgIpc) is 2.27. The third-order valence-corrected chi connectivity index (χ3v) is 4.08. The number of hydrogen-bond acceptors (Lipinski definition) is 2. The van der Waals surface area contributed by atoms with Crippen LogP contribution in [0.2, 0.25) is 0 Å². The van der Waals surface area contributed by atoms with Crippen molar-refractivity contribution in [2.24, 2.45) is 0 Å². The van der Waals surface area contributed by atoms with Gasteiger partial charge >= 0.3 is 0 Å². The highest BCUT2D eigenvalue weighted by molar-refractivity contribution is 14.1. The van der Waals surface area contributed by atoms with Crippen LogP contribution in [0.5, 0.6) is 0 Å². The van der Waals surface area contributed by atoms with E-state index in [4.69, 9.17) is 0 Å².